The number of ether oxygens (including phenoxy) is 2. The third-order valence-electron chi connectivity index (χ3n) is 4.63. The van der Waals surface area contributed by atoms with Crippen LogP contribution in [0, 0.1) is 0 Å². The number of benzene rings is 3. The molecule has 4 aromatic rings. The molecule has 0 fully saturated rings. The Morgan fingerprint density at radius 2 is 1.74 bits per heavy atom. The van der Waals surface area contributed by atoms with Gasteiger partial charge in [-0.3, -0.25) is 4.79 Å². The molecule has 0 bridgehead atoms. The number of aromatic nitrogens is 2. The van der Waals surface area contributed by atoms with E-state index in [1.54, 1.807) is 31.4 Å². The molecule has 3 N–H and O–H groups in total. The van der Waals surface area contributed by atoms with Crippen LogP contribution in [-0.4, -0.2) is 35.6 Å². The topological polar surface area (TPSA) is 113 Å². The number of H-pyrrole nitrogens is 2. The van der Waals surface area contributed by atoms with Gasteiger partial charge in [-0.2, -0.15) is 0 Å². The number of carbonyl (C=O) groups is 2. The lowest BCUT2D eigenvalue weighted by Crippen LogP contribution is -2.20. The van der Waals surface area contributed by atoms with Crippen LogP contribution in [0.25, 0.3) is 27.9 Å². The number of carbonyl (C=O) groups excluding carboxylic acids is 2. The monoisotopic (exact) mass is 417 g/mol. The van der Waals surface area contributed by atoms with Gasteiger partial charge in [0.05, 0.1) is 18.1 Å². The summed E-state index contributed by atoms with van der Waals surface area (Å²) in [6, 6.07) is 16.4. The van der Waals surface area contributed by atoms with Gasteiger partial charge in [-0.1, -0.05) is 18.2 Å². The first kappa shape index (κ1) is 20.0. The van der Waals surface area contributed by atoms with E-state index >= 15 is 0 Å². The number of anilines is 1. The smallest absolute Gasteiger partial charge is 0.331 e. The molecule has 8 nitrogen and oxygen atoms in total. The Bertz CT molecular complexity index is 1370. The number of hydrogen-bond acceptors (Lipinski definition) is 5. The van der Waals surface area contributed by atoms with Crippen molar-refractivity contribution < 1.29 is 19.1 Å². The number of fused-ring (bicyclic) bond motifs is 2. The zero-order chi connectivity index (χ0) is 21.8. The Kier molecular flexibility index (Phi) is 5.53. The van der Waals surface area contributed by atoms with E-state index < -0.39 is 18.5 Å². The number of methoxy groups -OCH3 is 1. The molecular weight excluding hydrogens is 398 g/mol. The van der Waals surface area contributed by atoms with Gasteiger partial charge in [0, 0.05) is 11.8 Å². The van der Waals surface area contributed by atoms with Crippen LogP contribution >= 0.6 is 0 Å². The molecule has 3 aromatic carbocycles. The maximum Gasteiger partial charge on any atom is 0.331 e. The fourth-order valence-electron chi connectivity index (χ4n) is 3.13. The summed E-state index contributed by atoms with van der Waals surface area (Å²) >= 11 is 0. The predicted molar refractivity (Wildman–Crippen MR) is 118 cm³/mol. The van der Waals surface area contributed by atoms with Crippen molar-refractivity contribution in [1.82, 2.24) is 9.97 Å². The average Bonchev–Trinajstić information content (AvgIpc) is 3.15. The highest BCUT2D eigenvalue weighted by Gasteiger charge is 2.07. The Labute approximate surface area is 176 Å². The predicted octanol–water partition coefficient (Wildman–Crippen LogP) is 3.21. The molecule has 1 amide bonds. The van der Waals surface area contributed by atoms with E-state index in [-0.39, 0.29) is 5.69 Å². The summed E-state index contributed by atoms with van der Waals surface area (Å²) in [6.07, 6.45) is 2.90. The fourth-order valence-corrected chi connectivity index (χ4v) is 3.13. The first-order valence-electron chi connectivity index (χ1n) is 9.45. The summed E-state index contributed by atoms with van der Waals surface area (Å²) in [5.74, 6) is -0.340. The molecule has 0 unspecified atom stereocenters. The maximum absolute atomic E-state index is 12.0. The van der Waals surface area contributed by atoms with E-state index in [0.29, 0.717) is 16.7 Å². The molecule has 0 atom stereocenters. The van der Waals surface area contributed by atoms with Crippen molar-refractivity contribution in [2.45, 2.75) is 0 Å². The molecule has 1 aromatic heterocycles. The minimum absolute atomic E-state index is 0.328. The van der Waals surface area contributed by atoms with E-state index in [9.17, 15) is 14.4 Å². The molecule has 0 radical (unpaired) electrons. The van der Waals surface area contributed by atoms with Gasteiger partial charge in [0.2, 0.25) is 0 Å². The second kappa shape index (κ2) is 8.58. The zero-order valence-electron chi connectivity index (χ0n) is 16.6. The van der Waals surface area contributed by atoms with Crippen molar-refractivity contribution in [3.63, 3.8) is 0 Å². The summed E-state index contributed by atoms with van der Waals surface area (Å²) < 4.78 is 10.2. The minimum Gasteiger partial charge on any atom is -0.497 e. The van der Waals surface area contributed by atoms with E-state index in [4.69, 9.17) is 9.47 Å². The molecule has 31 heavy (non-hydrogen) atoms. The van der Waals surface area contributed by atoms with Gasteiger partial charge in [-0.25, -0.2) is 9.59 Å². The van der Waals surface area contributed by atoms with E-state index in [1.165, 1.54) is 6.08 Å². The zero-order valence-corrected chi connectivity index (χ0v) is 16.6. The van der Waals surface area contributed by atoms with Crippen molar-refractivity contribution in [3.05, 3.63) is 76.7 Å². The Morgan fingerprint density at radius 1 is 0.968 bits per heavy atom. The lowest BCUT2D eigenvalue weighted by atomic mass is 10.1. The van der Waals surface area contributed by atoms with Crippen LogP contribution in [-0.2, 0) is 14.3 Å². The number of esters is 1. The highest BCUT2D eigenvalue weighted by molar-refractivity contribution is 5.96. The summed E-state index contributed by atoms with van der Waals surface area (Å²) in [7, 11) is 1.62. The van der Waals surface area contributed by atoms with Crippen molar-refractivity contribution in [2.24, 2.45) is 0 Å². The number of amides is 1. The normalized spacial score (nSPS) is 11.1. The second-order valence-electron chi connectivity index (χ2n) is 6.80. The van der Waals surface area contributed by atoms with Gasteiger partial charge >= 0.3 is 11.7 Å². The van der Waals surface area contributed by atoms with Crippen LogP contribution in [0.5, 0.6) is 5.75 Å². The summed E-state index contributed by atoms with van der Waals surface area (Å²) in [4.78, 5) is 40.5. The third kappa shape index (κ3) is 4.81. The summed E-state index contributed by atoms with van der Waals surface area (Å²) in [5, 5.41) is 4.65. The molecule has 0 spiro atoms. The molecule has 0 aliphatic heterocycles. The first-order chi connectivity index (χ1) is 15.0. The van der Waals surface area contributed by atoms with Crippen LogP contribution in [0.3, 0.4) is 0 Å². The van der Waals surface area contributed by atoms with E-state index in [0.717, 1.165) is 22.1 Å². The van der Waals surface area contributed by atoms with Crippen molar-refractivity contribution >= 4 is 45.4 Å². The number of aromatic amines is 2. The lowest BCUT2D eigenvalue weighted by molar-refractivity contribution is -0.142. The molecule has 1 heterocycles. The number of imidazole rings is 1. The molecule has 8 heteroatoms. The highest BCUT2D eigenvalue weighted by Crippen LogP contribution is 2.22. The largest absolute Gasteiger partial charge is 0.497 e. The van der Waals surface area contributed by atoms with Crippen molar-refractivity contribution in [3.8, 4) is 5.75 Å². The standard InChI is InChI=1S/C23H19N3O5/c1-30-18-7-5-15-10-14(2-4-16(15)11-18)3-9-22(28)31-13-21(27)24-17-6-8-19-20(12-17)26-23(29)25-19/h2-12H,13H2,1H3,(H,24,27)(H2,25,26,29). The number of hydrogen-bond donors (Lipinski definition) is 3. The van der Waals surface area contributed by atoms with E-state index in [1.807, 2.05) is 36.4 Å². The highest BCUT2D eigenvalue weighted by atomic mass is 16.5. The molecule has 156 valence electrons. The van der Waals surface area contributed by atoms with Gasteiger partial charge in [0.15, 0.2) is 6.61 Å². The number of rotatable bonds is 6. The van der Waals surface area contributed by atoms with Crippen LogP contribution in [0.2, 0.25) is 0 Å². The molecular formula is C23H19N3O5. The third-order valence-corrected chi connectivity index (χ3v) is 4.63. The van der Waals surface area contributed by atoms with E-state index in [2.05, 4.69) is 15.3 Å². The van der Waals surface area contributed by atoms with Gasteiger partial charge in [-0.05, 0) is 58.8 Å². The fraction of sp³-hybridized carbons (Fsp3) is 0.0870. The Morgan fingerprint density at radius 3 is 2.58 bits per heavy atom. The van der Waals surface area contributed by atoms with Crippen LogP contribution < -0.4 is 15.7 Å². The van der Waals surface area contributed by atoms with Crippen molar-refractivity contribution in [2.75, 3.05) is 19.0 Å². The Hall–Kier alpha value is -4.33. The quantitative estimate of drug-likeness (QED) is 0.329. The van der Waals surface area contributed by atoms with Gasteiger partial charge in [-0.15, -0.1) is 0 Å². The SMILES string of the molecule is COc1ccc2cc(C=CC(=O)OCC(=O)Nc3ccc4[nH]c(=O)[nH]c4c3)ccc2c1. The van der Waals surface area contributed by atoms with Crippen LogP contribution in [0.1, 0.15) is 5.56 Å². The average molecular weight is 417 g/mol. The molecule has 0 aliphatic carbocycles. The molecule has 0 saturated carbocycles. The first-order valence-corrected chi connectivity index (χ1v) is 9.45. The molecule has 0 aliphatic rings. The minimum atomic E-state index is -0.629. The maximum atomic E-state index is 12.0. The van der Waals surface area contributed by atoms with Crippen LogP contribution in [0.15, 0.2) is 65.5 Å². The summed E-state index contributed by atoms with van der Waals surface area (Å²) in [5.41, 5.74) is 2.18. The van der Waals surface area contributed by atoms with Gasteiger partial charge in [0.25, 0.3) is 5.91 Å². The van der Waals surface area contributed by atoms with Gasteiger partial charge in [0.1, 0.15) is 5.75 Å². The van der Waals surface area contributed by atoms with Gasteiger partial charge < -0.3 is 24.8 Å². The van der Waals surface area contributed by atoms with Crippen LogP contribution in [0.4, 0.5) is 5.69 Å². The number of nitrogens with one attached hydrogen (secondary N) is 3. The molecule has 0 saturated heterocycles. The summed E-state index contributed by atoms with van der Waals surface area (Å²) in [6.45, 7) is -0.428. The molecule has 4 rings (SSSR count). The lowest BCUT2D eigenvalue weighted by Gasteiger charge is -2.05. The Balaban J connectivity index is 1.32. The second-order valence-corrected chi connectivity index (χ2v) is 6.80. The van der Waals surface area contributed by atoms with Crippen molar-refractivity contribution in [1.29, 1.82) is 0 Å².